The van der Waals surface area contributed by atoms with E-state index in [-0.39, 0.29) is 5.57 Å². The average molecular weight is 382 g/mol. The SMILES string of the molecule is N#CC(C#N)=Cc1cn(Cc2ccccc2)nc1-c1ccc2c(c1)OCCCO2. The van der Waals surface area contributed by atoms with E-state index in [0.717, 1.165) is 17.5 Å². The second-order valence-electron chi connectivity index (χ2n) is 6.61. The molecule has 0 unspecified atom stereocenters. The van der Waals surface area contributed by atoms with E-state index in [1.807, 2.05) is 71.5 Å². The molecule has 0 aliphatic carbocycles. The number of aromatic nitrogens is 2. The first kappa shape index (κ1) is 18.3. The fraction of sp³-hybridized carbons (Fsp3) is 0.174. The average Bonchev–Trinajstić information content (AvgIpc) is 2.99. The van der Waals surface area contributed by atoms with Crippen LogP contribution in [-0.2, 0) is 6.54 Å². The predicted octanol–water partition coefficient (Wildman–Crippen LogP) is 4.19. The maximum absolute atomic E-state index is 9.18. The lowest BCUT2D eigenvalue weighted by Gasteiger charge is -2.08. The quantitative estimate of drug-likeness (QED) is 0.632. The molecule has 6 nitrogen and oxygen atoms in total. The Kier molecular flexibility index (Phi) is 5.27. The van der Waals surface area contributed by atoms with Crippen molar-refractivity contribution < 1.29 is 9.47 Å². The van der Waals surface area contributed by atoms with Gasteiger partial charge in [-0.05, 0) is 29.8 Å². The number of nitrogens with zero attached hydrogens (tertiary/aromatic N) is 4. The van der Waals surface area contributed by atoms with Gasteiger partial charge in [0.05, 0.1) is 25.5 Å². The highest BCUT2D eigenvalue weighted by Gasteiger charge is 2.16. The molecule has 0 N–H and O–H groups in total. The molecule has 29 heavy (non-hydrogen) atoms. The van der Waals surface area contributed by atoms with E-state index in [4.69, 9.17) is 14.6 Å². The van der Waals surface area contributed by atoms with Gasteiger partial charge in [-0.3, -0.25) is 4.68 Å². The molecule has 0 spiro atoms. The van der Waals surface area contributed by atoms with Crippen molar-refractivity contribution in [2.45, 2.75) is 13.0 Å². The summed E-state index contributed by atoms with van der Waals surface area (Å²) in [5, 5.41) is 23.1. The lowest BCUT2D eigenvalue weighted by molar-refractivity contribution is 0.297. The minimum Gasteiger partial charge on any atom is -0.490 e. The maximum atomic E-state index is 9.18. The Morgan fingerprint density at radius 2 is 1.79 bits per heavy atom. The number of rotatable bonds is 4. The largest absolute Gasteiger partial charge is 0.490 e. The minimum atomic E-state index is 0.0276. The molecule has 1 aromatic heterocycles. The van der Waals surface area contributed by atoms with Crippen LogP contribution >= 0.6 is 0 Å². The van der Waals surface area contributed by atoms with Crippen LogP contribution < -0.4 is 9.47 Å². The third-order valence-corrected chi connectivity index (χ3v) is 4.54. The number of hydrogen-bond donors (Lipinski definition) is 0. The van der Waals surface area contributed by atoms with Gasteiger partial charge in [0, 0.05) is 23.7 Å². The number of allylic oxidation sites excluding steroid dienone is 1. The first-order valence-electron chi connectivity index (χ1n) is 9.30. The van der Waals surface area contributed by atoms with E-state index in [1.54, 1.807) is 6.08 Å². The Morgan fingerprint density at radius 3 is 2.55 bits per heavy atom. The van der Waals surface area contributed by atoms with Gasteiger partial charge in [0.2, 0.25) is 0 Å². The van der Waals surface area contributed by atoms with Crippen molar-refractivity contribution in [2.75, 3.05) is 13.2 Å². The Morgan fingerprint density at radius 1 is 1.03 bits per heavy atom. The molecule has 4 rings (SSSR count). The lowest BCUT2D eigenvalue weighted by Crippen LogP contribution is -2.00. The van der Waals surface area contributed by atoms with Gasteiger partial charge < -0.3 is 9.47 Å². The van der Waals surface area contributed by atoms with Crippen molar-refractivity contribution >= 4 is 6.08 Å². The van der Waals surface area contributed by atoms with Gasteiger partial charge in [-0.15, -0.1) is 0 Å². The highest BCUT2D eigenvalue weighted by Crippen LogP contribution is 2.35. The number of nitriles is 2. The molecule has 0 saturated carbocycles. The molecule has 2 heterocycles. The third kappa shape index (κ3) is 4.12. The summed E-state index contributed by atoms with van der Waals surface area (Å²) in [5.74, 6) is 1.38. The van der Waals surface area contributed by atoms with Crippen LogP contribution in [0.2, 0.25) is 0 Å². The predicted molar refractivity (Wildman–Crippen MR) is 108 cm³/mol. The topological polar surface area (TPSA) is 83.9 Å². The third-order valence-electron chi connectivity index (χ3n) is 4.54. The maximum Gasteiger partial charge on any atom is 0.161 e. The summed E-state index contributed by atoms with van der Waals surface area (Å²) >= 11 is 0. The van der Waals surface area contributed by atoms with Crippen molar-refractivity contribution in [1.29, 1.82) is 10.5 Å². The summed E-state index contributed by atoms with van der Waals surface area (Å²) in [6, 6.07) is 19.5. The molecule has 0 bridgehead atoms. The van der Waals surface area contributed by atoms with Crippen LogP contribution in [0.25, 0.3) is 17.3 Å². The van der Waals surface area contributed by atoms with Gasteiger partial charge in [0.15, 0.2) is 11.5 Å². The summed E-state index contributed by atoms with van der Waals surface area (Å²) in [4.78, 5) is 0. The normalized spacial score (nSPS) is 12.3. The highest BCUT2D eigenvalue weighted by molar-refractivity contribution is 5.76. The molecule has 142 valence electrons. The molecular formula is C23H18N4O2. The highest BCUT2D eigenvalue weighted by atomic mass is 16.5. The van der Waals surface area contributed by atoms with Crippen molar-refractivity contribution in [3.63, 3.8) is 0 Å². The van der Waals surface area contributed by atoms with Crippen molar-refractivity contribution in [3.05, 3.63) is 71.4 Å². The number of fused-ring (bicyclic) bond motifs is 1. The fourth-order valence-electron chi connectivity index (χ4n) is 3.17. The smallest absolute Gasteiger partial charge is 0.161 e. The molecule has 1 aliphatic heterocycles. The van der Waals surface area contributed by atoms with Gasteiger partial charge in [-0.1, -0.05) is 30.3 Å². The Balaban J connectivity index is 1.77. The van der Waals surface area contributed by atoms with Crippen LogP contribution in [0.5, 0.6) is 11.5 Å². The van der Waals surface area contributed by atoms with E-state index in [9.17, 15) is 10.5 Å². The first-order chi connectivity index (χ1) is 14.3. The van der Waals surface area contributed by atoms with Crippen LogP contribution in [0.4, 0.5) is 0 Å². The summed E-state index contributed by atoms with van der Waals surface area (Å²) in [6.45, 7) is 1.80. The Bertz CT molecular complexity index is 1120. The molecule has 0 amide bonds. The van der Waals surface area contributed by atoms with E-state index < -0.39 is 0 Å². The van der Waals surface area contributed by atoms with Crippen LogP contribution in [0, 0.1) is 22.7 Å². The van der Waals surface area contributed by atoms with E-state index >= 15 is 0 Å². The minimum absolute atomic E-state index is 0.0276. The number of ether oxygens (including phenoxy) is 2. The Hall–Kier alpha value is -4.03. The van der Waals surface area contributed by atoms with Gasteiger partial charge in [0.1, 0.15) is 17.7 Å². The molecule has 0 fully saturated rings. The summed E-state index contributed by atoms with van der Waals surface area (Å²) in [6.07, 6.45) is 4.24. The van der Waals surface area contributed by atoms with Crippen LogP contribution in [0.1, 0.15) is 17.5 Å². The zero-order chi connectivity index (χ0) is 20.1. The molecule has 0 saturated heterocycles. The van der Waals surface area contributed by atoms with Gasteiger partial charge in [0.25, 0.3) is 0 Å². The van der Waals surface area contributed by atoms with Gasteiger partial charge in [-0.2, -0.15) is 15.6 Å². The van der Waals surface area contributed by atoms with Gasteiger partial charge in [-0.25, -0.2) is 0 Å². The van der Waals surface area contributed by atoms with Crippen molar-refractivity contribution in [1.82, 2.24) is 9.78 Å². The molecular weight excluding hydrogens is 364 g/mol. The van der Waals surface area contributed by atoms with Crippen LogP contribution in [0.15, 0.2) is 60.3 Å². The van der Waals surface area contributed by atoms with Crippen LogP contribution in [0.3, 0.4) is 0 Å². The van der Waals surface area contributed by atoms with E-state index in [0.29, 0.717) is 42.5 Å². The van der Waals surface area contributed by atoms with Crippen molar-refractivity contribution in [3.8, 4) is 34.9 Å². The van der Waals surface area contributed by atoms with Crippen molar-refractivity contribution in [2.24, 2.45) is 0 Å². The second-order valence-corrected chi connectivity index (χ2v) is 6.61. The second kappa shape index (κ2) is 8.33. The summed E-state index contributed by atoms with van der Waals surface area (Å²) in [7, 11) is 0. The Labute approximate surface area is 168 Å². The molecule has 2 aromatic carbocycles. The standard InChI is InChI=1S/C23H18N4O2/c24-13-18(14-25)11-20-16-27(15-17-5-2-1-3-6-17)26-23(20)19-7-8-21-22(12-19)29-10-4-9-28-21/h1-3,5-8,11-12,16H,4,9-10,15H2. The monoisotopic (exact) mass is 382 g/mol. The zero-order valence-corrected chi connectivity index (χ0v) is 15.7. The molecule has 0 radical (unpaired) electrons. The zero-order valence-electron chi connectivity index (χ0n) is 15.7. The van der Waals surface area contributed by atoms with E-state index in [2.05, 4.69) is 0 Å². The molecule has 3 aromatic rings. The molecule has 6 heteroatoms. The summed E-state index contributed by atoms with van der Waals surface area (Å²) < 4.78 is 13.3. The van der Waals surface area contributed by atoms with Gasteiger partial charge >= 0.3 is 0 Å². The molecule has 0 atom stereocenters. The summed E-state index contributed by atoms with van der Waals surface area (Å²) in [5.41, 5.74) is 3.35. The fourth-order valence-corrected chi connectivity index (χ4v) is 3.17. The number of benzene rings is 2. The van der Waals surface area contributed by atoms with Crippen LogP contribution in [-0.4, -0.2) is 23.0 Å². The number of hydrogen-bond acceptors (Lipinski definition) is 5. The molecule has 1 aliphatic rings. The van der Waals surface area contributed by atoms with E-state index in [1.165, 1.54) is 0 Å². The first-order valence-corrected chi connectivity index (χ1v) is 9.30. The lowest BCUT2D eigenvalue weighted by atomic mass is 10.1.